The van der Waals surface area contributed by atoms with E-state index in [1.165, 1.54) is 12.1 Å². The number of methoxy groups -OCH3 is 1. The molecule has 0 heterocycles. The third-order valence-electron chi connectivity index (χ3n) is 2.57. The maximum Gasteiger partial charge on any atom is 0.333 e. The normalized spacial score (nSPS) is 12.2. The van der Waals surface area contributed by atoms with Crippen LogP contribution in [0.5, 0.6) is 0 Å². The van der Waals surface area contributed by atoms with Crippen LogP contribution in [-0.4, -0.2) is 34.7 Å². The van der Waals surface area contributed by atoms with Gasteiger partial charge in [-0.2, -0.15) is 0 Å². The van der Waals surface area contributed by atoms with E-state index in [0.717, 1.165) is 19.1 Å². The summed E-state index contributed by atoms with van der Waals surface area (Å²) in [5.41, 5.74) is 0.472. The molecule has 0 saturated carbocycles. The molecule has 0 spiro atoms. The Labute approximate surface area is 100 Å². The van der Waals surface area contributed by atoms with E-state index < -0.39 is 8.80 Å². The summed E-state index contributed by atoms with van der Waals surface area (Å²) in [5, 5.41) is 0. The Morgan fingerprint density at radius 2 is 2.06 bits per heavy atom. The summed E-state index contributed by atoms with van der Waals surface area (Å²) in [6, 6.07) is 2.55. The maximum atomic E-state index is 11.1. The van der Waals surface area contributed by atoms with Crippen LogP contribution in [0.25, 0.3) is 0 Å². The number of carbonyl (C=O) groups excluding carboxylic acids is 1. The van der Waals surface area contributed by atoms with Crippen molar-refractivity contribution in [2.45, 2.75) is 38.8 Å². The standard InChI is InChI=1S/C12H24O3Si/c1-5-16(10-14-4)9-7-6-8-15-12(13)11(2)3/h16H,2,5-10H2,1,3-4H3. The molecule has 0 N–H and O–H groups in total. The fraction of sp³-hybridized carbons (Fsp3) is 0.750. The largest absolute Gasteiger partial charge is 0.462 e. The summed E-state index contributed by atoms with van der Waals surface area (Å²) in [4.78, 5) is 11.1. The van der Waals surface area contributed by atoms with Crippen LogP contribution in [0, 0.1) is 0 Å². The van der Waals surface area contributed by atoms with Crippen molar-refractivity contribution in [2.24, 2.45) is 0 Å². The lowest BCUT2D eigenvalue weighted by Crippen LogP contribution is -2.18. The predicted octanol–water partition coefficient (Wildman–Crippen LogP) is 2.32. The third kappa shape index (κ3) is 7.65. The Bertz CT molecular complexity index is 216. The van der Waals surface area contributed by atoms with E-state index in [1.807, 2.05) is 0 Å². The number of hydrogen-bond donors (Lipinski definition) is 0. The van der Waals surface area contributed by atoms with Gasteiger partial charge in [0.25, 0.3) is 0 Å². The van der Waals surface area contributed by atoms with Crippen LogP contribution in [0.15, 0.2) is 12.2 Å². The fourth-order valence-corrected chi connectivity index (χ4v) is 3.61. The van der Waals surface area contributed by atoms with Crippen molar-refractivity contribution < 1.29 is 14.3 Å². The quantitative estimate of drug-likeness (QED) is 0.270. The molecule has 3 nitrogen and oxygen atoms in total. The smallest absolute Gasteiger partial charge is 0.333 e. The second-order valence-electron chi connectivity index (χ2n) is 4.14. The summed E-state index contributed by atoms with van der Waals surface area (Å²) < 4.78 is 10.2. The lowest BCUT2D eigenvalue weighted by Gasteiger charge is -2.11. The summed E-state index contributed by atoms with van der Waals surface area (Å²) >= 11 is 0. The van der Waals surface area contributed by atoms with Crippen molar-refractivity contribution in [1.29, 1.82) is 0 Å². The molecule has 0 aliphatic carbocycles. The topological polar surface area (TPSA) is 35.5 Å². The van der Waals surface area contributed by atoms with Crippen LogP contribution < -0.4 is 0 Å². The molecule has 0 bridgehead atoms. The van der Waals surface area contributed by atoms with Crippen molar-refractivity contribution in [3.8, 4) is 0 Å². The molecule has 1 unspecified atom stereocenters. The van der Waals surface area contributed by atoms with Crippen molar-refractivity contribution in [3.63, 3.8) is 0 Å². The molecule has 0 rings (SSSR count). The van der Waals surface area contributed by atoms with Gasteiger partial charge in [-0.05, 0) is 13.3 Å². The van der Waals surface area contributed by atoms with E-state index in [2.05, 4.69) is 13.5 Å². The Kier molecular flexibility index (Phi) is 9.23. The van der Waals surface area contributed by atoms with Crippen LogP contribution in [0.3, 0.4) is 0 Å². The average molecular weight is 244 g/mol. The zero-order valence-electron chi connectivity index (χ0n) is 10.8. The number of esters is 1. The van der Waals surface area contributed by atoms with E-state index in [0.29, 0.717) is 12.2 Å². The molecule has 16 heavy (non-hydrogen) atoms. The number of ether oxygens (including phenoxy) is 2. The van der Waals surface area contributed by atoms with E-state index in [1.54, 1.807) is 14.0 Å². The van der Waals surface area contributed by atoms with Gasteiger partial charge >= 0.3 is 5.97 Å². The highest BCUT2D eigenvalue weighted by molar-refractivity contribution is 6.58. The Hall–Kier alpha value is -0.613. The van der Waals surface area contributed by atoms with Crippen LogP contribution in [-0.2, 0) is 14.3 Å². The summed E-state index contributed by atoms with van der Waals surface area (Å²) in [5.74, 6) is -0.277. The minimum absolute atomic E-state index is 0.277. The molecular weight excluding hydrogens is 220 g/mol. The Balaban J connectivity index is 3.45. The van der Waals surface area contributed by atoms with Crippen molar-refractivity contribution in [2.75, 3.05) is 19.9 Å². The summed E-state index contributed by atoms with van der Waals surface area (Å²) in [6.45, 7) is 7.95. The van der Waals surface area contributed by atoms with E-state index in [9.17, 15) is 4.79 Å². The lowest BCUT2D eigenvalue weighted by molar-refractivity contribution is -0.139. The molecule has 0 fully saturated rings. The Morgan fingerprint density at radius 1 is 1.38 bits per heavy atom. The van der Waals surface area contributed by atoms with Gasteiger partial charge in [0.1, 0.15) is 0 Å². The molecule has 0 aromatic rings. The van der Waals surface area contributed by atoms with Gasteiger partial charge in [-0.3, -0.25) is 0 Å². The van der Waals surface area contributed by atoms with Gasteiger partial charge < -0.3 is 9.47 Å². The number of carbonyl (C=O) groups is 1. The second kappa shape index (κ2) is 9.60. The molecule has 0 aliphatic rings. The SMILES string of the molecule is C=C(C)C(=O)OCCCC[SiH](CC)COC. The van der Waals surface area contributed by atoms with Gasteiger partial charge in [0.05, 0.1) is 15.4 Å². The Morgan fingerprint density at radius 3 is 2.56 bits per heavy atom. The first-order chi connectivity index (χ1) is 7.61. The highest BCUT2D eigenvalue weighted by Crippen LogP contribution is 2.06. The van der Waals surface area contributed by atoms with Crippen LogP contribution in [0.4, 0.5) is 0 Å². The van der Waals surface area contributed by atoms with Gasteiger partial charge in [0.2, 0.25) is 0 Å². The molecule has 0 saturated heterocycles. The predicted molar refractivity (Wildman–Crippen MR) is 69.3 cm³/mol. The maximum absolute atomic E-state index is 11.1. The highest BCUT2D eigenvalue weighted by atomic mass is 28.3. The first kappa shape index (κ1) is 15.4. The van der Waals surface area contributed by atoms with E-state index in [4.69, 9.17) is 9.47 Å². The average Bonchev–Trinajstić information content (AvgIpc) is 2.26. The highest BCUT2D eigenvalue weighted by Gasteiger charge is 2.08. The lowest BCUT2D eigenvalue weighted by atomic mass is 10.3. The summed E-state index contributed by atoms with van der Waals surface area (Å²) in [6.07, 6.45) is 3.05. The van der Waals surface area contributed by atoms with Crippen molar-refractivity contribution in [1.82, 2.24) is 0 Å². The van der Waals surface area contributed by atoms with Crippen molar-refractivity contribution in [3.05, 3.63) is 12.2 Å². The van der Waals surface area contributed by atoms with Crippen LogP contribution in [0.1, 0.15) is 26.7 Å². The van der Waals surface area contributed by atoms with Gasteiger partial charge in [0.15, 0.2) is 0 Å². The van der Waals surface area contributed by atoms with Gasteiger partial charge in [-0.15, -0.1) is 0 Å². The molecule has 0 aromatic heterocycles. The first-order valence-corrected chi connectivity index (χ1v) is 8.38. The first-order valence-electron chi connectivity index (χ1n) is 5.93. The van der Waals surface area contributed by atoms with Gasteiger partial charge in [0, 0.05) is 18.9 Å². The number of unbranched alkanes of at least 4 members (excludes halogenated alkanes) is 1. The monoisotopic (exact) mass is 244 g/mol. The molecule has 0 aliphatic heterocycles. The minimum atomic E-state index is -0.680. The number of rotatable bonds is 9. The molecule has 94 valence electrons. The molecule has 0 radical (unpaired) electrons. The van der Waals surface area contributed by atoms with Gasteiger partial charge in [-0.25, -0.2) is 4.79 Å². The molecular formula is C12H24O3Si. The number of hydrogen-bond acceptors (Lipinski definition) is 3. The molecule has 0 aromatic carbocycles. The molecule has 4 heteroatoms. The third-order valence-corrected chi connectivity index (χ3v) is 5.75. The van der Waals surface area contributed by atoms with Crippen LogP contribution in [0.2, 0.25) is 12.1 Å². The fourth-order valence-electron chi connectivity index (χ4n) is 1.46. The van der Waals surface area contributed by atoms with E-state index >= 15 is 0 Å². The molecule has 1 atom stereocenters. The van der Waals surface area contributed by atoms with Gasteiger partial charge in [-0.1, -0.05) is 32.0 Å². The van der Waals surface area contributed by atoms with E-state index in [-0.39, 0.29) is 5.97 Å². The van der Waals surface area contributed by atoms with Crippen LogP contribution >= 0.6 is 0 Å². The second-order valence-corrected chi connectivity index (χ2v) is 7.60. The zero-order chi connectivity index (χ0) is 12.4. The minimum Gasteiger partial charge on any atom is -0.462 e. The molecule has 0 amide bonds. The summed E-state index contributed by atoms with van der Waals surface area (Å²) in [7, 11) is 1.09. The zero-order valence-corrected chi connectivity index (χ0v) is 11.9. The van der Waals surface area contributed by atoms with Crippen molar-refractivity contribution >= 4 is 14.8 Å².